The van der Waals surface area contributed by atoms with Crippen LogP contribution in [0.1, 0.15) is 38.8 Å². The summed E-state index contributed by atoms with van der Waals surface area (Å²) in [5.41, 5.74) is 4.02. The van der Waals surface area contributed by atoms with Gasteiger partial charge >= 0.3 is 11.9 Å². The zero-order chi connectivity index (χ0) is 16.7. The van der Waals surface area contributed by atoms with Crippen molar-refractivity contribution in [2.24, 2.45) is 5.41 Å². The van der Waals surface area contributed by atoms with Gasteiger partial charge in [-0.1, -0.05) is 6.92 Å². The molecule has 0 unspecified atom stereocenters. The summed E-state index contributed by atoms with van der Waals surface area (Å²) in [6.07, 6.45) is 0.968. The lowest BCUT2D eigenvalue weighted by Gasteiger charge is -2.20. The van der Waals surface area contributed by atoms with Crippen LogP contribution in [0.3, 0.4) is 0 Å². The molecule has 0 aliphatic carbocycles. The van der Waals surface area contributed by atoms with E-state index in [1.54, 1.807) is 12.3 Å². The van der Waals surface area contributed by atoms with Crippen molar-refractivity contribution in [2.45, 2.75) is 44.8 Å². The van der Waals surface area contributed by atoms with E-state index in [0.717, 1.165) is 6.42 Å². The summed E-state index contributed by atoms with van der Waals surface area (Å²) in [5, 5.41) is 2.15. The van der Waals surface area contributed by atoms with E-state index in [4.69, 9.17) is 19.9 Å². The standard InChI is InChI=1S/C15H20N2O5S/c1-3-4-20-6-9-5-15(11(18)21-9)8-14(2,22-12(15)19)10-7-23-13(16)17-10/h7,9H,3-6,8H2,1-2H3,(H2,16,17)/t9-,14+,15+/m1/s1. The van der Waals surface area contributed by atoms with E-state index in [9.17, 15) is 9.59 Å². The third-order valence-electron chi connectivity index (χ3n) is 4.30. The minimum Gasteiger partial charge on any atom is -0.459 e. The molecule has 0 amide bonds. The van der Waals surface area contributed by atoms with Crippen LogP contribution in [0.25, 0.3) is 0 Å². The molecule has 3 heterocycles. The van der Waals surface area contributed by atoms with E-state index in [1.807, 2.05) is 6.92 Å². The highest BCUT2D eigenvalue weighted by Gasteiger charge is 2.65. The van der Waals surface area contributed by atoms with E-state index >= 15 is 0 Å². The van der Waals surface area contributed by atoms with Crippen LogP contribution in [-0.2, 0) is 29.4 Å². The minimum absolute atomic E-state index is 0.213. The third kappa shape index (κ3) is 2.70. The molecule has 2 N–H and O–H groups in total. The predicted octanol–water partition coefficient (Wildman–Crippen LogP) is 1.62. The van der Waals surface area contributed by atoms with Crippen molar-refractivity contribution >= 4 is 28.4 Å². The Balaban J connectivity index is 1.77. The molecule has 7 nitrogen and oxygen atoms in total. The van der Waals surface area contributed by atoms with Gasteiger partial charge in [0.1, 0.15) is 6.10 Å². The minimum atomic E-state index is -1.26. The number of ether oxygens (including phenoxy) is 3. The number of anilines is 1. The maximum Gasteiger partial charge on any atom is 0.324 e. The van der Waals surface area contributed by atoms with Gasteiger partial charge < -0.3 is 19.9 Å². The highest BCUT2D eigenvalue weighted by Crippen LogP contribution is 2.52. The molecule has 0 bridgehead atoms. The number of cyclic esters (lactones) is 2. The summed E-state index contributed by atoms with van der Waals surface area (Å²) in [5.74, 6) is -1.07. The zero-order valence-electron chi connectivity index (χ0n) is 13.2. The van der Waals surface area contributed by atoms with Crippen molar-refractivity contribution in [3.8, 4) is 0 Å². The van der Waals surface area contributed by atoms with Gasteiger partial charge in [-0.05, 0) is 13.3 Å². The second kappa shape index (κ2) is 5.76. The molecule has 0 radical (unpaired) electrons. The number of aromatic nitrogens is 1. The second-order valence-electron chi connectivity index (χ2n) is 6.26. The lowest BCUT2D eigenvalue weighted by molar-refractivity contribution is -0.160. The van der Waals surface area contributed by atoms with Crippen molar-refractivity contribution in [1.82, 2.24) is 4.98 Å². The SMILES string of the molecule is CCCOC[C@H]1C[C@]2(C[C@@](C)(c3csc(N)n3)OC2=O)C(=O)O1. The summed E-state index contributed by atoms with van der Waals surface area (Å²) in [6.45, 7) is 4.65. The average Bonchev–Trinajstić information content (AvgIpc) is 3.11. The summed E-state index contributed by atoms with van der Waals surface area (Å²) in [6, 6.07) is 0. The fraction of sp³-hybridized carbons (Fsp3) is 0.667. The van der Waals surface area contributed by atoms with Gasteiger partial charge in [0.15, 0.2) is 16.1 Å². The molecular weight excluding hydrogens is 320 g/mol. The van der Waals surface area contributed by atoms with E-state index in [0.29, 0.717) is 24.0 Å². The summed E-state index contributed by atoms with van der Waals surface area (Å²) in [4.78, 5) is 29.0. The van der Waals surface area contributed by atoms with Gasteiger partial charge in [-0.3, -0.25) is 9.59 Å². The van der Waals surface area contributed by atoms with Crippen LogP contribution < -0.4 is 5.73 Å². The molecule has 8 heteroatoms. The maximum atomic E-state index is 12.5. The molecule has 126 valence electrons. The lowest BCUT2D eigenvalue weighted by atomic mass is 9.78. The summed E-state index contributed by atoms with van der Waals surface area (Å²) >= 11 is 1.28. The van der Waals surface area contributed by atoms with Crippen LogP contribution in [0.5, 0.6) is 0 Å². The highest BCUT2D eigenvalue weighted by atomic mass is 32.1. The van der Waals surface area contributed by atoms with E-state index in [1.165, 1.54) is 11.3 Å². The Kier molecular flexibility index (Phi) is 4.05. The molecule has 1 aromatic rings. The van der Waals surface area contributed by atoms with Crippen LogP contribution in [0.15, 0.2) is 5.38 Å². The first kappa shape index (κ1) is 16.2. The zero-order valence-corrected chi connectivity index (χ0v) is 14.0. The summed E-state index contributed by atoms with van der Waals surface area (Å²) in [7, 11) is 0. The second-order valence-corrected chi connectivity index (χ2v) is 7.15. The van der Waals surface area contributed by atoms with Crippen LogP contribution in [0.4, 0.5) is 5.13 Å². The first-order valence-electron chi connectivity index (χ1n) is 7.63. The number of nitrogen functional groups attached to an aromatic ring is 1. The Hall–Kier alpha value is -1.67. The first-order valence-corrected chi connectivity index (χ1v) is 8.51. The van der Waals surface area contributed by atoms with Gasteiger partial charge in [-0.2, -0.15) is 0 Å². The van der Waals surface area contributed by atoms with Gasteiger partial charge in [0, 0.05) is 24.8 Å². The first-order chi connectivity index (χ1) is 10.9. The van der Waals surface area contributed by atoms with Gasteiger partial charge in [0.2, 0.25) is 0 Å². The Morgan fingerprint density at radius 2 is 2.26 bits per heavy atom. The predicted molar refractivity (Wildman–Crippen MR) is 82.6 cm³/mol. The van der Waals surface area contributed by atoms with E-state index in [-0.39, 0.29) is 12.8 Å². The summed E-state index contributed by atoms with van der Waals surface area (Å²) < 4.78 is 16.3. The molecule has 3 atom stereocenters. The number of nitrogens with two attached hydrogens (primary N) is 1. The molecule has 2 aliphatic heterocycles. The number of nitrogens with zero attached hydrogens (tertiary/aromatic N) is 1. The number of hydrogen-bond acceptors (Lipinski definition) is 8. The Morgan fingerprint density at radius 3 is 2.91 bits per heavy atom. The van der Waals surface area contributed by atoms with Gasteiger partial charge in [0.05, 0.1) is 12.3 Å². The number of rotatable bonds is 5. The Bertz CT molecular complexity index is 633. The van der Waals surface area contributed by atoms with Crippen LogP contribution >= 0.6 is 11.3 Å². The van der Waals surface area contributed by atoms with E-state index < -0.39 is 29.1 Å². The van der Waals surface area contributed by atoms with Crippen molar-refractivity contribution < 1.29 is 23.8 Å². The molecule has 2 saturated heterocycles. The van der Waals surface area contributed by atoms with Gasteiger partial charge in [0.25, 0.3) is 0 Å². The largest absolute Gasteiger partial charge is 0.459 e. The number of esters is 2. The molecule has 23 heavy (non-hydrogen) atoms. The number of carbonyl (C=O) groups is 2. The fourth-order valence-corrected chi connectivity index (χ4v) is 3.89. The Morgan fingerprint density at radius 1 is 1.48 bits per heavy atom. The molecule has 0 aromatic carbocycles. The smallest absolute Gasteiger partial charge is 0.324 e. The van der Waals surface area contributed by atoms with Crippen molar-refractivity contribution in [3.05, 3.63) is 11.1 Å². The number of carbonyl (C=O) groups excluding carboxylic acids is 2. The van der Waals surface area contributed by atoms with Crippen LogP contribution in [-0.4, -0.2) is 36.2 Å². The van der Waals surface area contributed by atoms with Crippen LogP contribution in [0, 0.1) is 5.41 Å². The average molecular weight is 340 g/mol. The number of hydrogen-bond donors (Lipinski definition) is 1. The van der Waals surface area contributed by atoms with Crippen LogP contribution in [0.2, 0.25) is 0 Å². The Labute approximate surface area is 138 Å². The highest BCUT2D eigenvalue weighted by molar-refractivity contribution is 7.13. The normalized spacial score (nSPS) is 33.2. The molecule has 1 spiro atoms. The third-order valence-corrected chi connectivity index (χ3v) is 4.98. The monoisotopic (exact) mass is 340 g/mol. The molecule has 3 rings (SSSR count). The van der Waals surface area contributed by atoms with Crippen molar-refractivity contribution in [2.75, 3.05) is 18.9 Å². The molecule has 0 saturated carbocycles. The fourth-order valence-electron chi connectivity index (χ4n) is 3.20. The van der Waals surface area contributed by atoms with Gasteiger partial charge in [-0.15, -0.1) is 11.3 Å². The molecule has 1 aromatic heterocycles. The molecule has 2 fully saturated rings. The van der Waals surface area contributed by atoms with Crippen molar-refractivity contribution in [3.63, 3.8) is 0 Å². The maximum absolute atomic E-state index is 12.5. The van der Waals surface area contributed by atoms with Gasteiger partial charge in [-0.25, -0.2) is 4.98 Å². The lowest BCUT2D eigenvalue weighted by Crippen LogP contribution is -2.32. The quantitative estimate of drug-likeness (QED) is 0.494. The molecular formula is C15H20N2O5S. The molecule has 2 aliphatic rings. The topological polar surface area (TPSA) is 101 Å². The number of thiazole rings is 1. The van der Waals surface area contributed by atoms with E-state index in [2.05, 4.69) is 4.98 Å². The van der Waals surface area contributed by atoms with Crippen molar-refractivity contribution in [1.29, 1.82) is 0 Å².